The third-order valence-electron chi connectivity index (χ3n) is 3.87. The molecule has 0 saturated carbocycles. The molecule has 4 rings (SSSR count). The molecule has 0 radical (unpaired) electrons. The summed E-state index contributed by atoms with van der Waals surface area (Å²) in [4.78, 5) is 15.7. The fourth-order valence-electron chi connectivity index (χ4n) is 2.70. The van der Waals surface area contributed by atoms with Crippen LogP contribution >= 0.6 is 0 Å². The van der Waals surface area contributed by atoms with Crippen LogP contribution in [0.5, 0.6) is 0 Å². The SMILES string of the molecule is O=C(O)c1cc2nc(-c3ccccc3)cc(-c3ccccc3F)n2n1. The molecule has 2 heterocycles. The number of hydrogen-bond acceptors (Lipinski definition) is 3. The van der Waals surface area contributed by atoms with Crippen LogP contribution in [0.3, 0.4) is 0 Å². The molecular formula is C19H12FN3O2. The number of carbonyl (C=O) groups is 1. The number of carboxylic acids is 1. The number of fused-ring (bicyclic) bond motifs is 1. The molecule has 2 aromatic carbocycles. The van der Waals surface area contributed by atoms with E-state index in [4.69, 9.17) is 0 Å². The number of hydrogen-bond donors (Lipinski definition) is 1. The van der Waals surface area contributed by atoms with E-state index in [1.807, 2.05) is 30.3 Å². The zero-order valence-corrected chi connectivity index (χ0v) is 12.9. The standard InChI is InChI=1S/C19H12FN3O2/c20-14-9-5-4-8-13(14)17-10-15(12-6-2-1-3-7-12)21-18-11-16(19(24)25)22-23(17)18/h1-11H,(H,24,25). The Balaban J connectivity index is 2.05. The van der Waals surface area contributed by atoms with Crippen LogP contribution in [0.15, 0.2) is 66.7 Å². The molecule has 25 heavy (non-hydrogen) atoms. The van der Waals surface area contributed by atoms with Crippen LogP contribution < -0.4 is 0 Å². The molecule has 4 aromatic rings. The lowest BCUT2D eigenvalue weighted by Crippen LogP contribution is -2.01. The molecule has 0 atom stereocenters. The average Bonchev–Trinajstić information content (AvgIpc) is 3.07. The topological polar surface area (TPSA) is 67.5 Å². The first-order chi connectivity index (χ1) is 12.1. The van der Waals surface area contributed by atoms with Gasteiger partial charge in [-0.2, -0.15) is 5.10 Å². The fraction of sp³-hybridized carbons (Fsp3) is 0. The molecule has 0 unspecified atom stereocenters. The van der Waals surface area contributed by atoms with Crippen LogP contribution in [-0.2, 0) is 0 Å². The Morgan fingerprint density at radius 1 is 1.00 bits per heavy atom. The molecule has 0 amide bonds. The molecule has 6 heteroatoms. The van der Waals surface area contributed by atoms with Crippen LogP contribution in [0.1, 0.15) is 10.5 Å². The summed E-state index contributed by atoms with van der Waals surface area (Å²) < 4.78 is 15.7. The minimum atomic E-state index is -1.16. The van der Waals surface area contributed by atoms with Crippen molar-refractivity contribution < 1.29 is 14.3 Å². The number of aromatic nitrogens is 3. The third-order valence-corrected chi connectivity index (χ3v) is 3.87. The normalized spacial score (nSPS) is 10.9. The third kappa shape index (κ3) is 2.63. The van der Waals surface area contributed by atoms with Crippen molar-refractivity contribution >= 4 is 11.6 Å². The maximum absolute atomic E-state index is 14.3. The van der Waals surface area contributed by atoms with Gasteiger partial charge in [-0.3, -0.25) is 0 Å². The molecule has 0 aliphatic rings. The van der Waals surface area contributed by atoms with Gasteiger partial charge in [-0.05, 0) is 18.2 Å². The molecule has 0 aliphatic heterocycles. The van der Waals surface area contributed by atoms with Crippen LogP contribution in [0, 0.1) is 5.82 Å². The van der Waals surface area contributed by atoms with Gasteiger partial charge in [0.15, 0.2) is 11.3 Å². The van der Waals surface area contributed by atoms with Crippen molar-refractivity contribution in [1.82, 2.24) is 14.6 Å². The quantitative estimate of drug-likeness (QED) is 0.617. The monoisotopic (exact) mass is 333 g/mol. The van der Waals surface area contributed by atoms with Crippen LogP contribution in [-0.4, -0.2) is 25.7 Å². The van der Waals surface area contributed by atoms with Gasteiger partial charge in [0.25, 0.3) is 0 Å². The molecule has 0 bridgehead atoms. The molecule has 0 saturated heterocycles. The van der Waals surface area contributed by atoms with Gasteiger partial charge in [-0.25, -0.2) is 18.7 Å². The first kappa shape index (κ1) is 15.0. The summed E-state index contributed by atoms with van der Waals surface area (Å²) in [5.74, 6) is -1.58. The van der Waals surface area contributed by atoms with Gasteiger partial charge in [0.2, 0.25) is 0 Å². The van der Waals surface area contributed by atoms with Gasteiger partial charge >= 0.3 is 5.97 Å². The number of rotatable bonds is 3. The van der Waals surface area contributed by atoms with Gasteiger partial charge < -0.3 is 5.11 Å². The van der Waals surface area contributed by atoms with Gasteiger partial charge in [0.05, 0.1) is 11.4 Å². The summed E-state index contributed by atoms with van der Waals surface area (Å²) in [6.45, 7) is 0. The maximum atomic E-state index is 14.3. The van der Waals surface area contributed by atoms with Gasteiger partial charge in [-0.1, -0.05) is 42.5 Å². The van der Waals surface area contributed by atoms with Gasteiger partial charge in [0.1, 0.15) is 5.82 Å². The van der Waals surface area contributed by atoms with Gasteiger partial charge in [0, 0.05) is 17.2 Å². The summed E-state index contributed by atoms with van der Waals surface area (Å²) in [5, 5.41) is 13.3. The highest BCUT2D eigenvalue weighted by Crippen LogP contribution is 2.28. The number of carboxylic acid groups (broad SMARTS) is 1. The number of halogens is 1. The highest BCUT2D eigenvalue weighted by molar-refractivity contribution is 5.87. The Labute approximate surface area is 142 Å². The van der Waals surface area contributed by atoms with Crippen molar-refractivity contribution in [2.24, 2.45) is 0 Å². The number of nitrogens with zero attached hydrogens (tertiary/aromatic N) is 3. The Morgan fingerprint density at radius 3 is 2.44 bits per heavy atom. The lowest BCUT2D eigenvalue weighted by molar-refractivity contribution is 0.0690. The average molecular weight is 333 g/mol. The zero-order chi connectivity index (χ0) is 17.4. The maximum Gasteiger partial charge on any atom is 0.356 e. The first-order valence-corrected chi connectivity index (χ1v) is 7.58. The van der Waals surface area contributed by atoms with E-state index in [1.165, 1.54) is 16.6 Å². The molecule has 0 spiro atoms. The first-order valence-electron chi connectivity index (χ1n) is 7.58. The highest BCUT2D eigenvalue weighted by Gasteiger charge is 2.17. The minimum absolute atomic E-state index is 0.143. The molecule has 0 aliphatic carbocycles. The van der Waals surface area contributed by atoms with Crippen molar-refractivity contribution in [3.63, 3.8) is 0 Å². The predicted octanol–water partition coefficient (Wildman–Crippen LogP) is 3.90. The summed E-state index contributed by atoms with van der Waals surface area (Å²) in [6.07, 6.45) is 0. The second kappa shape index (κ2) is 5.83. The van der Waals surface area contributed by atoms with Crippen molar-refractivity contribution in [3.8, 4) is 22.5 Å². The predicted molar refractivity (Wildman–Crippen MR) is 90.8 cm³/mol. The lowest BCUT2D eigenvalue weighted by Gasteiger charge is -2.09. The largest absolute Gasteiger partial charge is 0.476 e. The summed E-state index contributed by atoms with van der Waals surface area (Å²) in [7, 11) is 0. The Morgan fingerprint density at radius 2 is 1.72 bits per heavy atom. The Kier molecular flexibility index (Phi) is 3.50. The fourth-order valence-corrected chi connectivity index (χ4v) is 2.70. The van der Waals surface area contributed by atoms with E-state index in [0.717, 1.165) is 5.56 Å². The van der Waals surface area contributed by atoms with E-state index in [9.17, 15) is 14.3 Å². The van der Waals surface area contributed by atoms with Crippen molar-refractivity contribution in [2.45, 2.75) is 0 Å². The second-order valence-electron chi connectivity index (χ2n) is 5.48. The number of aromatic carboxylic acids is 1. The second-order valence-corrected chi connectivity index (χ2v) is 5.48. The van der Waals surface area contributed by atoms with Crippen molar-refractivity contribution in [2.75, 3.05) is 0 Å². The number of benzene rings is 2. The summed E-state index contributed by atoms with van der Waals surface area (Å²) in [6, 6.07) is 18.8. The van der Waals surface area contributed by atoms with E-state index in [0.29, 0.717) is 22.6 Å². The van der Waals surface area contributed by atoms with E-state index >= 15 is 0 Å². The molecule has 0 fully saturated rings. The van der Waals surface area contributed by atoms with Gasteiger partial charge in [-0.15, -0.1) is 0 Å². The molecule has 122 valence electrons. The molecule has 5 nitrogen and oxygen atoms in total. The van der Waals surface area contributed by atoms with Crippen molar-refractivity contribution in [1.29, 1.82) is 0 Å². The highest BCUT2D eigenvalue weighted by atomic mass is 19.1. The van der Waals surface area contributed by atoms with E-state index in [-0.39, 0.29) is 5.69 Å². The lowest BCUT2D eigenvalue weighted by atomic mass is 10.1. The van der Waals surface area contributed by atoms with E-state index in [2.05, 4.69) is 10.1 Å². The molecule has 2 aromatic heterocycles. The van der Waals surface area contributed by atoms with Crippen LogP contribution in [0.4, 0.5) is 4.39 Å². The summed E-state index contributed by atoms with van der Waals surface area (Å²) >= 11 is 0. The van der Waals surface area contributed by atoms with E-state index < -0.39 is 11.8 Å². The smallest absolute Gasteiger partial charge is 0.356 e. The van der Waals surface area contributed by atoms with Crippen LogP contribution in [0.2, 0.25) is 0 Å². The zero-order valence-electron chi connectivity index (χ0n) is 12.9. The van der Waals surface area contributed by atoms with Crippen molar-refractivity contribution in [3.05, 3.63) is 78.2 Å². The minimum Gasteiger partial charge on any atom is -0.476 e. The van der Waals surface area contributed by atoms with E-state index in [1.54, 1.807) is 24.3 Å². The summed E-state index contributed by atoms with van der Waals surface area (Å²) in [5.41, 5.74) is 2.43. The van der Waals surface area contributed by atoms with Crippen LogP contribution in [0.25, 0.3) is 28.2 Å². The Hall–Kier alpha value is -3.54. The molecular weight excluding hydrogens is 321 g/mol. The Bertz CT molecular complexity index is 1090. The molecule has 1 N–H and O–H groups in total.